The smallest absolute Gasteiger partial charge is 0.228 e. The first-order valence-electron chi connectivity index (χ1n) is 5.40. The number of nitrogens with zero attached hydrogens (tertiary/aromatic N) is 1. The van der Waals surface area contributed by atoms with Gasteiger partial charge in [-0.05, 0) is 12.8 Å². The standard InChI is InChI=1S/C11H20ClNO/c1-4-5-6-13-9(8-12)7-11(2,3)10(13)14/h9H,4-8H2,1-3H3. The summed E-state index contributed by atoms with van der Waals surface area (Å²) in [4.78, 5) is 13.9. The molecule has 0 aromatic heterocycles. The number of amides is 1. The maximum absolute atomic E-state index is 12.0. The van der Waals surface area contributed by atoms with E-state index in [2.05, 4.69) is 6.92 Å². The van der Waals surface area contributed by atoms with E-state index in [9.17, 15) is 4.79 Å². The molecule has 82 valence electrons. The Morgan fingerprint density at radius 3 is 2.71 bits per heavy atom. The van der Waals surface area contributed by atoms with Crippen molar-refractivity contribution in [1.29, 1.82) is 0 Å². The van der Waals surface area contributed by atoms with Crippen molar-refractivity contribution in [3.05, 3.63) is 0 Å². The van der Waals surface area contributed by atoms with Gasteiger partial charge in [0.25, 0.3) is 0 Å². The van der Waals surface area contributed by atoms with Crippen molar-refractivity contribution < 1.29 is 4.79 Å². The number of carbonyl (C=O) groups excluding carboxylic acids is 1. The number of alkyl halides is 1. The van der Waals surface area contributed by atoms with Crippen LogP contribution in [-0.4, -0.2) is 29.3 Å². The van der Waals surface area contributed by atoms with Gasteiger partial charge in [0.1, 0.15) is 0 Å². The van der Waals surface area contributed by atoms with Crippen LogP contribution >= 0.6 is 11.6 Å². The maximum atomic E-state index is 12.0. The van der Waals surface area contributed by atoms with E-state index < -0.39 is 0 Å². The van der Waals surface area contributed by atoms with Crippen molar-refractivity contribution in [3.63, 3.8) is 0 Å². The Hall–Kier alpha value is -0.240. The van der Waals surface area contributed by atoms with Crippen LogP contribution in [0.4, 0.5) is 0 Å². The SMILES string of the molecule is CCCCN1C(=O)C(C)(C)CC1CCl. The molecule has 1 unspecified atom stereocenters. The normalized spacial score (nSPS) is 25.9. The molecule has 0 N–H and O–H groups in total. The molecular formula is C11H20ClNO. The lowest BCUT2D eigenvalue weighted by atomic mass is 9.90. The van der Waals surface area contributed by atoms with Crippen LogP contribution in [-0.2, 0) is 4.79 Å². The fraction of sp³-hybridized carbons (Fsp3) is 0.909. The second kappa shape index (κ2) is 4.52. The first-order valence-corrected chi connectivity index (χ1v) is 5.93. The summed E-state index contributed by atoms with van der Waals surface area (Å²) in [5.41, 5.74) is -0.201. The van der Waals surface area contributed by atoms with Crippen LogP contribution < -0.4 is 0 Å². The highest BCUT2D eigenvalue weighted by atomic mass is 35.5. The zero-order valence-corrected chi connectivity index (χ0v) is 10.1. The molecule has 0 spiro atoms. The molecule has 1 aliphatic heterocycles. The Bertz CT molecular complexity index is 215. The molecule has 0 radical (unpaired) electrons. The van der Waals surface area contributed by atoms with Crippen LogP contribution in [0.2, 0.25) is 0 Å². The van der Waals surface area contributed by atoms with Crippen LogP contribution in [0.15, 0.2) is 0 Å². The number of carbonyl (C=O) groups is 1. The van der Waals surface area contributed by atoms with Gasteiger partial charge in [0.05, 0.1) is 0 Å². The zero-order valence-electron chi connectivity index (χ0n) is 9.35. The second-order valence-corrected chi connectivity index (χ2v) is 5.06. The van der Waals surface area contributed by atoms with E-state index >= 15 is 0 Å². The number of unbranched alkanes of at least 4 members (excludes halogenated alkanes) is 1. The maximum Gasteiger partial charge on any atom is 0.228 e. The van der Waals surface area contributed by atoms with Crippen molar-refractivity contribution in [2.24, 2.45) is 5.41 Å². The highest BCUT2D eigenvalue weighted by molar-refractivity contribution is 6.18. The molecule has 1 saturated heterocycles. The van der Waals surface area contributed by atoms with Gasteiger partial charge < -0.3 is 4.90 Å². The lowest BCUT2D eigenvalue weighted by Crippen LogP contribution is -2.36. The lowest BCUT2D eigenvalue weighted by molar-refractivity contribution is -0.135. The Morgan fingerprint density at radius 2 is 2.21 bits per heavy atom. The third kappa shape index (κ3) is 2.22. The summed E-state index contributed by atoms with van der Waals surface area (Å²) in [5.74, 6) is 0.843. The Labute approximate surface area is 91.6 Å². The summed E-state index contributed by atoms with van der Waals surface area (Å²) in [6.45, 7) is 7.04. The molecule has 0 aromatic carbocycles. The number of likely N-dealkylation sites (tertiary alicyclic amines) is 1. The minimum atomic E-state index is -0.201. The Balaban J connectivity index is 2.66. The molecule has 1 fully saturated rings. The first kappa shape index (κ1) is 11.8. The van der Waals surface area contributed by atoms with Gasteiger partial charge in [-0.1, -0.05) is 27.2 Å². The molecule has 1 rings (SSSR count). The number of halogens is 1. The fourth-order valence-electron chi connectivity index (χ4n) is 2.09. The fourth-order valence-corrected chi connectivity index (χ4v) is 2.37. The molecule has 1 amide bonds. The van der Waals surface area contributed by atoms with Crippen molar-refractivity contribution in [2.45, 2.75) is 46.1 Å². The van der Waals surface area contributed by atoms with E-state index in [0.29, 0.717) is 5.88 Å². The van der Waals surface area contributed by atoms with Crippen LogP contribution in [0.5, 0.6) is 0 Å². The molecule has 1 heterocycles. The van der Waals surface area contributed by atoms with Crippen LogP contribution in [0, 0.1) is 5.41 Å². The van der Waals surface area contributed by atoms with E-state index in [4.69, 9.17) is 11.6 Å². The molecule has 0 aliphatic carbocycles. The van der Waals surface area contributed by atoms with Gasteiger partial charge >= 0.3 is 0 Å². The molecule has 0 saturated carbocycles. The van der Waals surface area contributed by atoms with Gasteiger partial charge in [0.15, 0.2) is 0 Å². The van der Waals surface area contributed by atoms with Crippen molar-refractivity contribution in [1.82, 2.24) is 4.90 Å². The van der Waals surface area contributed by atoms with E-state index in [0.717, 1.165) is 25.8 Å². The highest BCUT2D eigenvalue weighted by Crippen LogP contribution is 2.35. The van der Waals surface area contributed by atoms with E-state index in [1.54, 1.807) is 0 Å². The minimum absolute atomic E-state index is 0.201. The molecule has 2 nitrogen and oxygen atoms in total. The van der Waals surface area contributed by atoms with Crippen molar-refractivity contribution in [2.75, 3.05) is 12.4 Å². The largest absolute Gasteiger partial charge is 0.338 e. The predicted octanol–water partition coefficient (Wildman–Crippen LogP) is 2.65. The number of rotatable bonds is 4. The molecule has 3 heteroatoms. The van der Waals surface area contributed by atoms with Gasteiger partial charge in [0, 0.05) is 23.9 Å². The molecule has 1 aliphatic rings. The minimum Gasteiger partial charge on any atom is -0.338 e. The van der Waals surface area contributed by atoms with E-state index in [-0.39, 0.29) is 17.4 Å². The van der Waals surface area contributed by atoms with Gasteiger partial charge in [-0.2, -0.15) is 0 Å². The van der Waals surface area contributed by atoms with Gasteiger partial charge in [0.2, 0.25) is 5.91 Å². The Morgan fingerprint density at radius 1 is 1.57 bits per heavy atom. The number of hydrogen-bond acceptors (Lipinski definition) is 1. The Kier molecular flexibility index (Phi) is 3.82. The summed E-state index contributed by atoms with van der Waals surface area (Å²) in [7, 11) is 0. The molecule has 0 aromatic rings. The van der Waals surface area contributed by atoms with E-state index in [1.807, 2.05) is 18.7 Å². The van der Waals surface area contributed by atoms with Crippen LogP contribution in [0.25, 0.3) is 0 Å². The number of hydrogen-bond donors (Lipinski definition) is 0. The topological polar surface area (TPSA) is 20.3 Å². The average molecular weight is 218 g/mol. The summed E-state index contributed by atoms with van der Waals surface area (Å²) in [6.07, 6.45) is 3.10. The van der Waals surface area contributed by atoms with Gasteiger partial charge in [-0.25, -0.2) is 0 Å². The van der Waals surface area contributed by atoms with Crippen molar-refractivity contribution in [3.8, 4) is 0 Å². The second-order valence-electron chi connectivity index (χ2n) is 4.75. The van der Waals surface area contributed by atoms with Crippen LogP contribution in [0.3, 0.4) is 0 Å². The lowest BCUT2D eigenvalue weighted by Gasteiger charge is -2.23. The molecular weight excluding hydrogens is 198 g/mol. The third-order valence-electron chi connectivity index (χ3n) is 2.96. The highest BCUT2D eigenvalue weighted by Gasteiger charge is 2.44. The third-order valence-corrected chi connectivity index (χ3v) is 3.31. The predicted molar refractivity (Wildman–Crippen MR) is 59.5 cm³/mol. The molecule has 0 bridgehead atoms. The molecule has 14 heavy (non-hydrogen) atoms. The molecule has 1 atom stereocenters. The van der Waals surface area contributed by atoms with Crippen LogP contribution in [0.1, 0.15) is 40.0 Å². The monoisotopic (exact) mass is 217 g/mol. The quantitative estimate of drug-likeness (QED) is 0.663. The van der Waals surface area contributed by atoms with Gasteiger partial charge in [-0.3, -0.25) is 4.79 Å². The van der Waals surface area contributed by atoms with Gasteiger partial charge in [-0.15, -0.1) is 11.6 Å². The summed E-state index contributed by atoms with van der Waals surface area (Å²) in [6, 6.07) is 0.255. The van der Waals surface area contributed by atoms with Crippen molar-refractivity contribution >= 4 is 17.5 Å². The summed E-state index contributed by atoms with van der Waals surface area (Å²) < 4.78 is 0. The first-order chi connectivity index (χ1) is 6.53. The average Bonchev–Trinajstić information content (AvgIpc) is 2.36. The zero-order chi connectivity index (χ0) is 10.8. The summed E-state index contributed by atoms with van der Waals surface area (Å²) >= 11 is 5.88. The summed E-state index contributed by atoms with van der Waals surface area (Å²) in [5, 5.41) is 0. The van der Waals surface area contributed by atoms with E-state index in [1.165, 1.54) is 0 Å².